The highest BCUT2D eigenvalue weighted by atomic mass is 79.9. The van der Waals surface area contributed by atoms with Crippen molar-refractivity contribution < 1.29 is 4.74 Å². The third-order valence-electron chi connectivity index (χ3n) is 2.34. The van der Waals surface area contributed by atoms with Crippen molar-refractivity contribution in [3.63, 3.8) is 0 Å². The number of anilines is 2. The van der Waals surface area contributed by atoms with Crippen molar-refractivity contribution in [3.8, 4) is 0 Å². The molecule has 1 saturated heterocycles. The van der Waals surface area contributed by atoms with E-state index in [2.05, 4.69) is 26.9 Å². The number of nitrogens with two attached hydrogens (primary N) is 1. The number of hydrogen-bond donors (Lipinski definition) is 1. The average molecular weight is 257 g/mol. The summed E-state index contributed by atoms with van der Waals surface area (Å²) < 4.78 is 6.36. The molecule has 1 aliphatic rings. The minimum atomic E-state index is 0.784. The second-order valence-corrected chi connectivity index (χ2v) is 4.22. The van der Waals surface area contributed by atoms with Crippen LogP contribution in [0.5, 0.6) is 0 Å². The van der Waals surface area contributed by atoms with Gasteiger partial charge in [-0.05, 0) is 18.2 Å². The Balaban J connectivity index is 2.24. The van der Waals surface area contributed by atoms with Crippen LogP contribution in [0.25, 0.3) is 0 Å². The standard InChI is InChI=1S/C10H13BrN2O/c11-8-1-2-9(12)10(7-8)13-3-5-14-6-4-13/h1-2,7H,3-6,12H2. The number of nitrogen functional groups attached to an aromatic ring is 1. The minimum absolute atomic E-state index is 0.784. The lowest BCUT2D eigenvalue weighted by atomic mass is 10.2. The topological polar surface area (TPSA) is 38.5 Å². The maximum Gasteiger partial charge on any atom is 0.0642 e. The van der Waals surface area contributed by atoms with E-state index in [0.29, 0.717) is 0 Å². The Bertz CT molecular complexity index is 324. The molecule has 0 atom stereocenters. The van der Waals surface area contributed by atoms with E-state index in [1.807, 2.05) is 12.1 Å². The summed E-state index contributed by atoms with van der Waals surface area (Å²) in [5.41, 5.74) is 7.85. The van der Waals surface area contributed by atoms with E-state index < -0.39 is 0 Å². The molecule has 1 heterocycles. The van der Waals surface area contributed by atoms with Gasteiger partial charge >= 0.3 is 0 Å². The summed E-state index contributed by atoms with van der Waals surface area (Å²) in [6.45, 7) is 3.40. The van der Waals surface area contributed by atoms with Crippen LogP contribution in [0.2, 0.25) is 0 Å². The molecular formula is C10H13BrN2O. The number of rotatable bonds is 1. The predicted octanol–water partition coefficient (Wildman–Crippen LogP) is 1.87. The maximum absolute atomic E-state index is 5.92. The van der Waals surface area contributed by atoms with Gasteiger partial charge in [0.05, 0.1) is 24.6 Å². The fourth-order valence-corrected chi connectivity index (χ4v) is 1.94. The van der Waals surface area contributed by atoms with Gasteiger partial charge in [-0.25, -0.2) is 0 Å². The Kier molecular flexibility index (Phi) is 2.93. The van der Waals surface area contributed by atoms with E-state index in [0.717, 1.165) is 42.2 Å². The van der Waals surface area contributed by atoms with E-state index in [1.54, 1.807) is 0 Å². The van der Waals surface area contributed by atoms with Gasteiger partial charge in [-0.1, -0.05) is 15.9 Å². The zero-order chi connectivity index (χ0) is 9.97. The molecule has 1 aliphatic heterocycles. The zero-order valence-electron chi connectivity index (χ0n) is 7.87. The van der Waals surface area contributed by atoms with Crippen LogP contribution in [0, 0.1) is 0 Å². The van der Waals surface area contributed by atoms with Crippen molar-refractivity contribution in [2.75, 3.05) is 36.9 Å². The number of halogens is 1. The highest BCUT2D eigenvalue weighted by molar-refractivity contribution is 9.10. The lowest BCUT2D eigenvalue weighted by Crippen LogP contribution is -2.36. The molecule has 0 radical (unpaired) electrons. The molecule has 0 aliphatic carbocycles. The third-order valence-corrected chi connectivity index (χ3v) is 2.84. The summed E-state index contributed by atoms with van der Waals surface area (Å²) >= 11 is 3.45. The van der Waals surface area contributed by atoms with Crippen LogP contribution in [0.3, 0.4) is 0 Å². The van der Waals surface area contributed by atoms with Gasteiger partial charge < -0.3 is 15.4 Å². The van der Waals surface area contributed by atoms with Crippen molar-refractivity contribution >= 4 is 27.3 Å². The molecule has 14 heavy (non-hydrogen) atoms. The van der Waals surface area contributed by atoms with Crippen molar-refractivity contribution in [1.29, 1.82) is 0 Å². The second kappa shape index (κ2) is 4.19. The highest BCUT2D eigenvalue weighted by Gasteiger charge is 2.13. The Morgan fingerprint density at radius 1 is 1.29 bits per heavy atom. The molecule has 1 aromatic carbocycles. The summed E-state index contributed by atoms with van der Waals surface area (Å²) in [6.07, 6.45) is 0. The van der Waals surface area contributed by atoms with E-state index in [9.17, 15) is 0 Å². The van der Waals surface area contributed by atoms with Crippen LogP contribution in [0.1, 0.15) is 0 Å². The predicted molar refractivity (Wildman–Crippen MR) is 61.6 cm³/mol. The van der Waals surface area contributed by atoms with Gasteiger partial charge in [0, 0.05) is 17.6 Å². The Morgan fingerprint density at radius 3 is 2.71 bits per heavy atom. The van der Waals surface area contributed by atoms with Crippen LogP contribution >= 0.6 is 15.9 Å². The van der Waals surface area contributed by atoms with Gasteiger partial charge in [0.2, 0.25) is 0 Å². The first-order chi connectivity index (χ1) is 6.77. The van der Waals surface area contributed by atoms with E-state index in [-0.39, 0.29) is 0 Å². The number of ether oxygens (including phenoxy) is 1. The van der Waals surface area contributed by atoms with Crippen molar-refractivity contribution in [3.05, 3.63) is 22.7 Å². The van der Waals surface area contributed by atoms with Gasteiger partial charge in [0.15, 0.2) is 0 Å². The molecule has 0 aromatic heterocycles. The molecule has 1 aromatic rings. The zero-order valence-corrected chi connectivity index (χ0v) is 9.46. The smallest absolute Gasteiger partial charge is 0.0642 e. The van der Waals surface area contributed by atoms with E-state index >= 15 is 0 Å². The van der Waals surface area contributed by atoms with Gasteiger partial charge in [0.25, 0.3) is 0 Å². The first-order valence-electron chi connectivity index (χ1n) is 4.65. The molecule has 3 nitrogen and oxygen atoms in total. The molecule has 0 saturated carbocycles. The molecular weight excluding hydrogens is 244 g/mol. The summed E-state index contributed by atoms with van der Waals surface area (Å²) in [7, 11) is 0. The van der Waals surface area contributed by atoms with Crippen molar-refractivity contribution in [2.45, 2.75) is 0 Å². The van der Waals surface area contributed by atoms with Crippen LogP contribution in [0.4, 0.5) is 11.4 Å². The Labute approximate surface area is 92.0 Å². The fourth-order valence-electron chi connectivity index (χ4n) is 1.59. The largest absolute Gasteiger partial charge is 0.397 e. The van der Waals surface area contributed by atoms with Crippen LogP contribution in [-0.4, -0.2) is 26.3 Å². The number of morpholine rings is 1. The van der Waals surface area contributed by atoms with Crippen LogP contribution < -0.4 is 10.6 Å². The second-order valence-electron chi connectivity index (χ2n) is 3.30. The lowest BCUT2D eigenvalue weighted by Gasteiger charge is -2.29. The van der Waals surface area contributed by atoms with Crippen LogP contribution in [0.15, 0.2) is 22.7 Å². The van der Waals surface area contributed by atoms with Gasteiger partial charge in [-0.2, -0.15) is 0 Å². The van der Waals surface area contributed by atoms with Crippen molar-refractivity contribution in [2.24, 2.45) is 0 Å². The summed E-state index contributed by atoms with van der Waals surface area (Å²) in [6, 6.07) is 5.94. The molecule has 0 bridgehead atoms. The molecule has 76 valence electrons. The normalized spacial score (nSPS) is 17.1. The van der Waals surface area contributed by atoms with Gasteiger partial charge in [-0.3, -0.25) is 0 Å². The number of nitrogens with zero attached hydrogens (tertiary/aromatic N) is 1. The Hall–Kier alpha value is -0.740. The SMILES string of the molecule is Nc1ccc(Br)cc1N1CCOCC1. The summed E-state index contributed by atoms with van der Waals surface area (Å²) in [4.78, 5) is 2.25. The van der Waals surface area contributed by atoms with E-state index in [4.69, 9.17) is 10.5 Å². The molecule has 0 amide bonds. The quantitative estimate of drug-likeness (QED) is 0.780. The maximum atomic E-state index is 5.92. The minimum Gasteiger partial charge on any atom is -0.397 e. The first-order valence-corrected chi connectivity index (χ1v) is 5.44. The average Bonchev–Trinajstić information content (AvgIpc) is 2.23. The Morgan fingerprint density at radius 2 is 2.00 bits per heavy atom. The highest BCUT2D eigenvalue weighted by Crippen LogP contribution is 2.27. The molecule has 0 spiro atoms. The van der Waals surface area contributed by atoms with Gasteiger partial charge in [0.1, 0.15) is 0 Å². The number of benzene rings is 1. The third kappa shape index (κ3) is 2.01. The van der Waals surface area contributed by atoms with Crippen LogP contribution in [-0.2, 0) is 4.74 Å². The lowest BCUT2D eigenvalue weighted by molar-refractivity contribution is 0.123. The molecule has 2 rings (SSSR count). The molecule has 4 heteroatoms. The summed E-state index contributed by atoms with van der Waals surface area (Å²) in [5.74, 6) is 0. The summed E-state index contributed by atoms with van der Waals surface area (Å²) in [5, 5.41) is 0. The van der Waals surface area contributed by atoms with Crippen molar-refractivity contribution in [1.82, 2.24) is 0 Å². The first kappa shape index (κ1) is 9.80. The molecule has 2 N–H and O–H groups in total. The monoisotopic (exact) mass is 256 g/mol. The molecule has 1 fully saturated rings. The molecule has 0 unspecified atom stereocenters. The number of hydrogen-bond acceptors (Lipinski definition) is 3. The van der Waals surface area contributed by atoms with E-state index in [1.165, 1.54) is 0 Å². The fraction of sp³-hybridized carbons (Fsp3) is 0.400. The van der Waals surface area contributed by atoms with Gasteiger partial charge in [-0.15, -0.1) is 0 Å².